The molecule has 3 aromatic rings. The number of para-hydroxylation sites is 1. The van der Waals surface area contributed by atoms with Gasteiger partial charge in [0.15, 0.2) is 5.67 Å². The van der Waals surface area contributed by atoms with Crippen LogP contribution in [-0.2, 0) is 11.3 Å². The number of aromatic nitrogens is 2. The number of likely N-dealkylation sites (tertiary alicyclic amines) is 1. The van der Waals surface area contributed by atoms with Gasteiger partial charge in [-0.15, -0.1) is 10.2 Å². The summed E-state index contributed by atoms with van der Waals surface area (Å²) < 4.78 is 61.5. The van der Waals surface area contributed by atoms with Crippen LogP contribution in [0.4, 0.5) is 23.2 Å². The lowest BCUT2D eigenvalue weighted by Crippen LogP contribution is -2.55. The van der Waals surface area contributed by atoms with Crippen molar-refractivity contribution in [3.8, 4) is 11.5 Å². The number of alkyl halides is 3. The van der Waals surface area contributed by atoms with E-state index in [4.69, 9.17) is 4.42 Å². The molecule has 2 aliphatic rings. The maximum atomic E-state index is 16.0. The maximum Gasteiger partial charge on any atom is 0.314 e. The average molecular weight is 503 g/mol. The molecule has 2 aromatic carbocycles. The molecule has 36 heavy (non-hydrogen) atoms. The Bertz CT molecular complexity index is 1210. The molecule has 6 nitrogen and oxygen atoms in total. The molecule has 1 amide bonds. The van der Waals surface area contributed by atoms with Crippen molar-refractivity contribution in [3.63, 3.8) is 0 Å². The van der Waals surface area contributed by atoms with Crippen LogP contribution in [0.5, 0.6) is 0 Å². The van der Waals surface area contributed by atoms with E-state index < -0.39 is 29.7 Å². The van der Waals surface area contributed by atoms with Gasteiger partial charge in [0.05, 0.1) is 6.54 Å². The average Bonchev–Trinajstić information content (AvgIpc) is 3.35. The van der Waals surface area contributed by atoms with E-state index in [0.717, 1.165) is 18.9 Å². The Morgan fingerprint density at radius 1 is 1.11 bits per heavy atom. The summed E-state index contributed by atoms with van der Waals surface area (Å²) in [5.74, 6) is -2.49. The molecule has 2 fully saturated rings. The van der Waals surface area contributed by atoms with E-state index in [1.807, 2.05) is 0 Å². The highest BCUT2D eigenvalue weighted by Gasteiger charge is 2.46. The minimum Gasteiger partial charge on any atom is -0.415 e. The minimum atomic E-state index is -2.94. The number of halogens is 4. The second-order valence-corrected chi connectivity index (χ2v) is 9.37. The molecule has 10 heteroatoms. The van der Waals surface area contributed by atoms with E-state index in [-0.39, 0.29) is 36.4 Å². The van der Waals surface area contributed by atoms with E-state index in [9.17, 15) is 13.6 Å². The van der Waals surface area contributed by atoms with Crippen LogP contribution in [0.15, 0.2) is 52.9 Å². The van der Waals surface area contributed by atoms with Crippen molar-refractivity contribution < 1.29 is 26.8 Å². The maximum absolute atomic E-state index is 16.0. The zero-order valence-corrected chi connectivity index (χ0v) is 19.5. The molecule has 1 aliphatic carbocycles. The van der Waals surface area contributed by atoms with E-state index >= 15 is 8.78 Å². The number of piperidine rings is 1. The van der Waals surface area contributed by atoms with E-state index in [1.165, 1.54) is 23.5 Å². The van der Waals surface area contributed by atoms with Gasteiger partial charge in [-0.05, 0) is 37.1 Å². The molecule has 0 radical (unpaired) electrons. The Labute approximate surface area is 205 Å². The van der Waals surface area contributed by atoms with E-state index in [0.29, 0.717) is 24.8 Å². The predicted molar refractivity (Wildman–Crippen MR) is 125 cm³/mol. The molecule has 1 saturated heterocycles. The Kier molecular flexibility index (Phi) is 6.79. The molecule has 0 bridgehead atoms. The molecule has 1 aliphatic heterocycles. The second kappa shape index (κ2) is 10.0. The van der Waals surface area contributed by atoms with Gasteiger partial charge in [-0.1, -0.05) is 30.7 Å². The van der Waals surface area contributed by atoms with Gasteiger partial charge in [0, 0.05) is 48.8 Å². The third kappa shape index (κ3) is 4.86. The zero-order chi connectivity index (χ0) is 25.3. The van der Waals surface area contributed by atoms with Crippen LogP contribution in [0, 0.1) is 5.82 Å². The highest BCUT2D eigenvalue weighted by Crippen LogP contribution is 2.36. The van der Waals surface area contributed by atoms with Crippen LogP contribution in [0.3, 0.4) is 0 Å². The van der Waals surface area contributed by atoms with Crippen LogP contribution >= 0.6 is 0 Å². The number of amides is 1. The molecule has 0 atom stereocenters. The summed E-state index contributed by atoms with van der Waals surface area (Å²) >= 11 is 0. The number of anilines is 1. The Hall–Kier alpha value is -3.27. The fraction of sp³-hybridized carbons (Fsp3) is 0.423. The first-order chi connectivity index (χ1) is 17.3. The summed E-state index contributed by atoms with van der Waals surface area (Å²) in [6, 6.07) is 13.0. The molecule has 1 saturated carbocycles. The van der Waals surface area contributed by atoms with Crippen molar-refractivity contribution in [2.45, 2.75) is 56.8 Å². The SMILES string of the molecule is O=C(N(Cc1ccc(-c2nnc(C(F)F)o2)cc1F)c1ccccc1)C1(F)CCN(C2CCC2)CC1. The number of carbonyl (C=O) groups is 1. The number of hydrogen-bond acceptors (Lipinski definition) is 5. The fourth-order valence-electron chi connectivity index (χ4n) is 4.76. The molecule has 0 N–H and O–H groups in total. The van der Waals surface area contributed by atoms with Crippen LogP contribution in [0.2, 0.25) is 0 Å². The second-order valence-electron chi connectivity index (χ2n) is 9.37. The van der Waals surface area contributed by atoms with Crippen molar-refractivity contribution in [2.24, 2.45) is 0 Å². The van der Waals surface area contributed by atoms with E-state index in [1.54, 1.807) is 30.3 Å². The van der Waals surface area contributed by atoms with Gasteiger partial charge in [-0.25, -0.2) is 8.78 Å². The lowest BCUT2D eigenvalue weighted by molar-refractivity contribution is -0.134. The number of rotatable bonds is 7. The normalized spacial score (nSPS) is 18.2. The van der Waals surface area contributed by atoms with Gasteiger partial charge in [0.2, 0.25) is 5.89 Å². The van der Waals surface area contributed by atoms with Crippen LogP contribution < -0.4 is 4.90 Å². The number of nitrogens with zero attached hydrogens (tertiary/aromatic N) is 4. The zero-order valence-electron chi connectivity index (χ0n) is 19.5. The molecule has 2 heterocycles. The Morgan fingerprint density at radius 2 is 1.83 bits per heavy atom. The van der Waals surface area contributed by atoms with Gasteiger partial charge in [-0.3, -0.25) is 4.79 Å². The van der Waals surface area contributed by atoms with Crippen molar-refractivity contribution in [1.82, 2.24) is 15.1 Å². The lowest BCUT2D eigenvalue weighted by Gasteiger charge is -2.44. The van der Waals surface area contributed by atoms with Gasteiger partial charge >= 0.3 is 6.43 Å². The topological polar surface area (TPSA) is 62.5 Å². The number of carbonyl (C=O) groups excluding carboxylic acids is 1. The summed E-state index contributed by atoms with van der Waals surface area (Å²) in [5, 5.41) is 6.79. The molecular formula is C26H26F4N4O2. The van der Waals surface area contributed by atoms with Crippen molar-refractivity contribution in [3.05, 3.63) is 65.8 Å². The largest absolute Gasteiger partial charge is 0.415 e. The van der Waals surface area contributed by atoms with Crippen LogP contribution in [-0.4, -0.2) is 45.8 Å². The molecule has 0 spiro atoms. The summed E-state index contributed by atoms with van der Waals surface area (Å²) in [4.78, 5) is 17.1. The first kappa shape index (κ1) is 24.4. The standard InChI is InChI=1S/C26H26F4N4O2/c27-21-15-17(23-31-32-24(36-23)22(28)29)9-10-18(21)16-34(20-5-2-1-3-6-20)25(35)26(30)11-13-33(14-12-26)19-7-4-8-19/h1-3,5-6,9-10,15,19,22H,4,7-8,11-14,16H2. The molecule has 5 rings (SSSR count). The highest BCUT2D eigenvalue weighted by atomic mass is 19.3. The Balaban J connectivity index is 1.37. The van der Waals surface area contributed by atoms with Crippen molar-refractivity contribution in [1.29, 1.82) is 0 Å². The predicted octanol–water partition coefficient (Wildman–Crippen LogP) is 5.70. The first-order valence-electron chi connectivity index (χ1n) is 12.0. The quantitative estimate of drug-likeness (QED) is 0.388. The summed E-state index contributed by atoms with van der Waals surface area (Å²) in [6.07, 6.45) is 0.673. The molecular weight excluding hydrogens is 476 g/mol. The van der Waals surface area contributed by atoms with Crippen LogP contribution in [0.25, 0.3) is 11.5 Å². The van der Waals surface area contributed by atoms with E-state index in [2.05, 4.69) is 15.1 Å². The first-order valence-corrected chi connectivity index (χ1v) is 12.0. The summed E-state index contributed by atoms with van der Waals surface area (Å²) in [5.41, 5.74) is -1.32. The Morgan fingerprint density at radius 3 is 2.42 bits per heavy atom. The summed E-state index contributed by atoms with van der Waals surface area (Å²) in [6.45, 7) is 0.839. The molecule has 0 unspecified atom stereocenters. The van der Waals surface area contributed by atoms with Gasteiger partial charge < -0.3 is 14.2 Å². The molecule has 190 valence electrons. The van der Waals surface area contributed by atoms with Crippen molar-refractivity contribution >= 4 is 11.6 Å². The van der Waals surface area contributed by atoms with Gasteiger partial charge in [-0.2, -0.15) is 8.78 Å². The third-order valence-corrected chi connectivity index (χ3v) is 7.13. The monoisotopic (exact) mass is 502 g/mol. The minimum absolute atomic E-state index is 0.0940. The lowest BCUT2D eigenvalue weighted by atomic mass is 9.86. The molecule has 1 aromatic heterocycles. The number of hydrogen-bond donors (Lipinski definition) is 0. The summed E-state index contributed by atoms with van der Waals surface area (Å²) in [7, 11) is 0. The van der Waals surface area contributed by atoms with Crippen molar-refractivity contribution in [2.75, 3.05) is 18.0 Å². The fourth-order valence-corrected chi connectivity index (χ4v) is 4.76. The highest BCUT2D eigenvalue weighted by molar-refractivity contribution is 5.99. The van der Waals surface area contributed by atoms with Gasteiger partial charge in [0.1, 0.15) is 5.82 Å². The third-order valence-electron chi connectivity index (χ3n) is 7.13. The van der Waals surface area contributed by atoms with Gasteiger partial charge in [0.25, 0.3) is 11.8 Å². The smallest absolute Gasteiger partial charge is 0.314 e. The number of benzene rings is 2. The van der Waals surface area contributed by atoms with Crippen LogP contribution in [0.1, 0.15) is 50.0 Å².